The first-order valence-corrected chi connectivity index (χ1v) is 6.90. The molecular formula is C13H11BrN2O4. The summed E-state index contributed by atoms with van der Waals surface area (Å²) in [4.78, 5) is 15.1. The number of halogens is 1. The third kappa shape index (κ3) is 2.59. The summed E-state index contributed by atoms with van der Waals surface area (Å²) >= 11 is 3.36. The number of hydrogen-bond acceptors (Lipinski definition) is 5. The molecule has 1 N–H and O–H groups in total. The molecule has 1 aromatic heterocycles. The van der Waals surface area contributed by atoms with Crippen LogP contribution in [0.3, 0.4) is 0 Å². The highest BCUT2D eigenvalue weighted by Gasteiger charge is 2.34. The van der Waals surface area contributed by atoms with Crippen LogP contribution in [0, 0.1) is 0 Å². The summed E-state index contributed by atoms with van der Waals surface area (Å²) < 4.78 is 11.5. The highest BCUT2D eigenvalue weighted by Crippen LogP contribution is 2.32. The lowest BCUT2D eigenvalue weighted by Crippen LogP contribution is -2.18. The highest BCUT2D eigenvalue weighted by molar-refractivity contribution is 9.10. The van der Waals surface area contributed by atoms with Crippen molar-refractivity contribution in [2.75, 3.05) is 0 Å². The number of carboxylic acids is 1. The Labute approximate surface area is 122 Å². The maximum absolute atomic E-state index is 10.8. The second kappa shape index (κ2) is 5.34. The molecule has 104 valence electrons. The summed E-state index contributed by atoms with van der Waals surface area (Å²) in [6, 6.07) is 7.51. The maximum Gasteiger partial charge on any atom is 0.332 e. The van der Waals surface area contributed by atoms with Crippen LogP contribution in [0.2, 0.25) is 0 Å². The molecule has 1 aliphatic heterocycles. The number of ether oxygens (including phenoxy) is 1. The molecule has 2 atom stereocenters. The van der Waals surface area contributed by atoms with Gasteiger partial charge in [0.15, 0.2) is 6.10 Å². The summed E-state index contributed by atoms with van der Waals surface area (Å²) in [5, 5.41) is 12.8. The molecule has 1 aromatic carbocycles. The summed E-state index contributed by atoms with van der Waals surface area (Å²) in [5.74, 6) is -0.165. The smallest absolute Gasteiger partial charge is 0.332 e. The van der Waals surface area contributed by atoms with Crippen molar-refractivity contribution in [3.05, 3.63) is 34.6 Å². The van der Waals surface area contributed by atoms with Crippen LogP contribution in [0.25, 0.3) is 11.4 Å². The first kappa shape index (κ1) is 13.3. The molecule has 0 radical (unpaired) electrons. The van der Waals surface area contributed by atoms with E-state index in [0.29, 0.717) is 24.6 Å². The van der Waals surface area contributed by atoms with E-state index in [0.717, 1.165) is 10.0 Å². The first-order chi connectivity index (χ1) is 9.63. The molecule has 0 bridgehead atoms. The van der Waals surface area contributed by atoms with Crippen molar-refractivity contribution in [2.45, 2.75) is 25.0 Å². The lowest BCUT2D eigenvalue weighted by molar-refractivity contribution is -0.150. The molecule has 0 spiro atoms. The normalized spacial score (nSPS) is 22.1. The van der Waals surface area contributed by atoms with Crippen LogP contribution in [0.1, 0.15) is 24.8 Å². The minimum Gasteiger partial charge on any atom is -0.479 e. The van der Waals surface area contributed by atoms with Gasteiger partial charge in [-0.2, -0.15) is 4.98 Å². The Hall–Kier alpha value is -1.73. The predicted octanol–water partition coefficient (Wildman–Crippen LogP) is 2.80. The average molecular weight is 339 g/mol. The van der Waals surface area contributed by atoms with Crippen LogP contribution in [-0.4, -0.2) is 27.3 Å². The number of rotatable bonds is 3. The zero-order valence-corrected chi connectivity index (χ0v) is 11.9. The van der Waals surface area contributed by atoms with E-state index >= 15 is 0 Å². The largest absolute Gasteiger partial charge is 0.479 e. The fraction of sp³-hybridized carbons (Fsp3) is 0.308. The summed E-state index contributed by atoms with van der Waals surface area (Å²) in [7, 11) is 0. The molecule has 0 amide bonds. The minimum atomic E-state index is -0.958. The Bertz CT molecular complexity index is 626. The number of aromatic nitrogens is 2. The van der Waals surface area contributed by atoms with E-state index in [2.05, 4.69) is 26.1 Å². The lowest BCUT2D eigenvalue weighted by Gasteiger charge is -2.05. The standard InChI is InChI=1S/C13H11BrN2O4/c14-8-3-1-7(2-4-8)11-15-12(20-16-11)9-5-6-10(19-9)13(17)18/h1-4,9-10H,5-6H2,(H,17,18). The first-order valence-electron chi connectivity index (χ1n) is 6.11. The minimum absolute atomic E-state index is 0.326. The number of nitrogens with zero attached hydrogens (tertiary/aromatic N) is 2. The maximum atomic E-state index is 10.8. The summed E-state index contributed by atoms with van der Waals surface area (Å²) in [6.07, 6.45) is -0.203. The number of carboxylic acid groups (broad SMARTS) is 1. The Kier molecular flexibility index (Phi) is 3.54. The molecule has 1 saturated heterocycles. The second-order valence-electron chi connectivity index (χ2n) is 4.49. The van der Waals surface area contributed by atoms with E-state index in [1.54, 1.807) is 0 Å². The van der Waals surface area contributed by atoms with Crippen molar-refractivity contribution in [1.29, 1.82) is 0 Å². The lowest BCUT2D eigenvalue weighted by atomic mass is 10.2. The van der Waals surface area contributed by atoms with Crippen molar-refractivity contribution < 1.29 is 19.2 Å². The van der Waals surface area contributed by atoms with Gasteiger partial charge in [-0.05, 0) is 37.1 Å². The van der Waals surface area contributed by atoms with Crippen molar-refractivity contribution >= 4 is 21.9 Å². The molecule has 1 aliphatic rings. The SMILES string of the molecule is O=C(O)C1CCC(c2nc(-c3ccc(Br)cc3)no2)O1. The number of hydrogen-bond donors (Lipinski definition) is 1. The number of carbonyl (C=O) groups is 1. The Morgan fingerprint density at radius 3 is 2.70 bits per heavy atom. The molecule has 1 fully saturated rings. The van der Waals surface area contributed by atoms with Gasteiger partial charge in [-0.25, -0.2) is 4.79 Å². The van der Waals surface area contributed by atoms with Crippen molar-refractivity contribution in [2.24, 2.45) is 0 Å². The third-order valence-corrected chi connectivity index (χ3v) is 3.64. The topological polar surface area (TPSA) is 85.5 Å². The predicted molar refractivity (Wildman–Crippen MR) is 71.9 cm³/mol. The quantitative estimate of drug-likeness (QED) is 0.926. The van der Waals surface area contributed by atoms with Gasteiger partial charge in [0.05, 0.1) is 0 Å². The van der Waals surface area contributed by atoms with Gasteiger partial charge in [0.2, 0.25) is 5.82 Å². The zero-order valence-electron chi connectivity index (χ0n) is 10.3. The van der Waals surface area contributed by atoms with Crippen LogP contribution in [-0.2, 0) is 9.53 Å². The van der Waals surface area contributed by atoms with Crippen molar-refractivity contribution in [3.63, 3.8) is 0 Å². The van der Waals surface area contributed by atoms with E-state index in [1.807, 2.05) is 24.3 Å². The van der Waals surface area contributed by atoms with Crippen molar-refractivity contribution in [1.82, 2.24) is 10.1 Å². The molecule has 6 nitrogen and oxygen atoms in total. The van der Waals surface area contributed by atoms with E-state index < -0.39 is 18.2 Å². The summed E-state index contributed by atoms with van der Waals surface area (Å²) in [6.45, 7) is 0. The van der Waals surface area contributed by atoms with Gasteiger partial charge in [-0.15, -0.1) is 0 Å². The molecule has 2 aromatic rings. The van der Waals surface area contributed by atoms with Gasteiger partial charge in [0.1, 0.15) is 6.10 Å². The van der Waals surface area contributed by atoms with Gasteiger partial charge in [-0.3, -0.25) is 0 Å². The molecule has 0 aliphatic carbocycles. The third-order valence-electron chi connectivity index (χ3n) is 3.11. The van der Waals surface area contributed by atoms with E-state index in [4.69, 9.17) is 14.4 Å². The van der Waals surface area contributed by atoms with Gasteiger partial charge < -0.3 is 14.4 Å². The van der Waals surface area contributed by atoms with Crippen LogP contribution in [0.4, 0.5) is 0 Å². The summed E-state index contributed by atoms with van der Waals surface area (Å²) in [5.41, 5.74) is 0.830. The molecule has 2 unspecified atom stereocenters. The van der Waals surface area contributed by atoms with Crippen LogP contribution in [0.15, 0.2) is 33.3 Å². The molecular weight excluding hydrogens is 328 g/mol. The van der Waals surface area contributed by atoms with Crippen LogP contribution >= 0.6 is 15.9 Å². The number of benzene rings is 1. The Morgan fingerprint density at radius 1 is 1.30 bits per heavy atom. The highest BCUT2D eigenvalue weighted by atomic mass is 79.9. The second-order valence-corrected chi connectivity index (χ2v) is 5.41. The zero-order chi connectivity index (χ0) is 14.1. The fourth-order valence-corrected chi connectivity index (χ4v) is 2.35. The van der Waals surface area contributed by atoms with E-state index in [1.165, 1.54) is 0 Å². The van der Waals surface area contributed by atoms with Gasteiger partial charge in [0, 0.05) is 10.0 Å². The monoisotopic (exact) mass is 338 g/mol. The molecule has 0 saturated carbocycles. The van der Waals surface area contributed by atoms with Gasteiger partial charge in [-0.1, -0.05) is 21.1 Å². The average Bonchev–Trinajstić information content (AvgIpc) is 3.08. The van der Waals surface area contributed by atoms with E-state index in [9.17, 15) is 4.79 Å². The Morgan fingerprint density at radius 2 is 2.05 bits per heavy atom. The Balaban J connectivity index is 1.77. The molecule has 3 rings (SSSR count). The van der Waals surface area contributed by atoms with Gasteiger partial charge in [0.25, 0.3) is 5.89 Å². The van der Waals surface area contributed by atoms with Crippen molar-refractivity contribution in [3.8, 4) is 11.4 Å². The molecule has 2 heterocycles. The molecule has 20 heavy (non-hydrogen) atoms. The van der Waals surface area contributed by atoms with Gasteiger partial charge >= 0.3 is 5.97 Å². The van der Waals surface area contributed by atoms with E-state index in [-0.39, 0.29) is 0 Å². The number of aliphatic carboxylic acids is 1. The van der Waals surface area contributed by atoms with Crippen LogP contribution < -0.4 is 0 Å². The molecule has 7 heteroatoms. The van der Waals surface area contributed by atoms with Crippen LogP contribution in [0.5, 0.6) is 0 Å². The fourth-order valence-electron chi connectivity index (χ4n) is 2.08.